The number of benzene rings is 6. The molecule has 0 saturated heterocycles. The molecule has 196 valence electrons. The molecule has 0 radical (unpaired) electrons. The van der Waals surface area contributed by atoms with Gasteiger partial charge >= 0.3 is 0 Å². The molecule has 6 aromatic carbocycles. The molecule has 4 nitrogen and oxygen atoms in total. The van der Waals surface area contributed by atoms with Crippen LogP contribution < -0.4 is 0 Å². The number of hydrogen-bond donors (Lipinski definition) is 0. The number of aromatic nitrogens is 4. The predicted molar refractivity (Wildman–Crippen MR) is 172 cm³/mol. The molecule has 2 aromatic heterocycles. The largest absolute Gasteiger partial charge is 0.244 e. The topological polar surface area (TPSA) is 51.6 Å². The summed E-state index contributed by atoms with van der Waals surface area (Å²) in [5, 5.41) is 7.33. The molecule has 2 heterocycles. The Bertz CT molecular complexity index is 2210. The Morgan fingerprint density at radius 3 is 1.38 bits per heavy atom. The molecule has 0 bridgehead atoms. The summed E-state index contributed by atoms with van der Waals surface area (Å²) in [6.07, 6.45) is 0. The summed E-state index contributed by atoms with van der Waals surface area (Å²) in [7, 11) is 0. The van der Waals surface area contributed by atoms with E-state index >= 15 is 0 Å². The maximum Gasteiger partial charge on any atom is 0.182 e. The summed E-state index contributed by atoms with van der Waals surface area (Å²) < 4.78 is 0. The average Bonchev–Trinajstić information content (AvgIpc) is 3.09. The van der Waals surface area contributed by atoms with Crippen molar-refractivity contribution in [3.05, 3.63) is 146 Å². The summed E-state index contributed by atoms with van der Waals surface area (Å²) in [6, 6.07) is 49.9. The van der Waals surface area contributed by atoms with E-state index in [0.29, 0.717) is 23.2 Å². The Balaban J connectivity index is 1.35. The zero-order valence-corrected chi connectivity index (χ0v) is 22.6. The van der Waals surface area contributed by atoms with Gasteiger partial charge in [-0.05, 0) is 50.5 Å². The number of fused-ring (bicyclic) bond motifs is 6. The minimum atomic E-state index is 0.542. The Morgan fingerprint density at radius 1 is 0.262 bits per heavy atom. The lowest BCUT2D eigenvalue weighted by molar-refractivity contribution is 1.06. The molecular weight excluding hydrogens is 512 g/mol. The van der Waals surface area contributed by atoms with E-state index < -0.39 is 0 Å². The van der Waals surface area contributed by atoms with Crippen LogP contribution in [0.5, 0.6) is 0 Å². The van der Waals surface area contributed by atoms with Crippen molar-refractivity contribution in [3.8, 4) is 45.6 Å². The number of nitrogens with zero attached hydrogens (tertiary/aromatic N) is 4. The van der Waals surface area contributed by atoms with Gasteiger partial charge in [-0.2, -0.15) is 0 Å². The van der Waals surface area contributed by atoms with Gasteiger partial charge in [0.25, 0.3) is 0 Å². The monoisotopic (exact) mass is 536 g/mol. The van der Waals surface area contributed by atoms with Crippen molar-refractivity contribution in [2.45, 2.75) is 0 Å². The molecule has 42 heavy (non-hydrogen) atoms. The molecule has 0 saturated carbocycles. The lowest BCUT2D eigenvalue weighted by Gasteiger charge is -2.12. The number of rotatable bonds is 4. The van der Waals surface area contributed by atoms with E-state index in [2.05, 4.69) is 78.9 Å². The standard InChI is InChI=1S/C38H24N4/c1-3-12-25(13-4-1)34-20-11-21-35(39-34)38-41-36(26-14-5-2-6-15-26)40-37(42-38)27-22-23-32-30-18-8-7-16-28(30)29-17-9-10-19-31(29)33(32)24-27/h1-24H. The van der Waals surface area contributed by atoms with Gasteiger partial charge in [-0.3, -0.25) is 0 Å². The normalized spacial score (nSPS) is 11.3. The highest BCUT2D eigenvalue weighted by Crippen LogP contribution is 2.37. The molecule has 0 spiro atoms. The van der Waals surface area contributed by atoms with Gasteiger partial charge in [0.2, 0.25) is 0 Å². The van der Waals surface area contributed by atoms with E-state index in [4.69, 9.17) is 19.9 Å². The van der Waals surface area contributed by atoms with Gasteiger partial charge in [0.05, 0.1) is 5.69 Å². The highest BCUT2D eigenvalue weighted by Gasteiger charge is 2.15. The summed E-state index contributed by atoms with van der Waals surface area (Å²) in [4.78, 5) is 19.8. The van der Waals surface area contributed by atoms with Crippen LogP contribution >= 0.6 is 0 Å². The zero-order chi connectivity index (χ0) is 27.9. The molecular formula is C38H24N4. The van der Waals surface area contributed by atoms with Crippen molar-refractivity contribution in [2.75, 3.05) is 0 Å². The maximum atomic E-state index is 5.00. The molecule has 8 aromatic rings. The van der Waals surface area contributed by atoms with Gasteiger partial charge in [0, 0.05) is 16.7 Å². The van der Waals surface area contributed by atoms with E-state index in [0.717, 1.165) is 22.4 Å². The van der Waals surface area contributed by atoms with E-state index in [1.54, 1.807) is 0 Å². The summed E-state index contributed by atoms with van der Waals surface area (Å²) >= 11 is 0. The maximum absolute atomic E-state index is 5.00. The molecule has 0 unspecified atom stereocenters. The second-order valence-electron chi connectivity index (χ2n) is 10.3. The molecule has 8 rings (SSSR count). The van der Waals surface area contributed by atoms with Crippen LogP contribution in [0.2, 0.25) is 0 Å². The van der Waals surface area contributed by atoms with E-state index in [1.807, 2.05) is 66.7 Å². The fourth-order valence-electron chi connectivity index (χ4n) is 5.71. The highest BCUT2D eigenvalue weighted by molar-refractivity contribution is 6.25. The smallest absolute Gasteiger partial charge is 0.182 e. The van der Waals surface area contributed by atoms with Gasteiger partial charge in [-0.25, -0.2) is 19.9 Å². The van der Waals surface area contributed by atoms with Gasteiger partial charge in [0.1, 0.15) is 5.69 Å². The van der Waals surface area contributed by atoms with E-state index in [-0.39, 0.29) is 0 Å². The van der Waals surface area contributed by atoms with Crippen molar-refractivity contribution in [1.82, 2.24) is 19.9 Å². The van der Waals surface area contributed by atoms with Crippen LogP contribution in [0.1, 0.15) is 0 Å². The molecule has 0 aliphatic rings. The SMILES string of the molecule is c1ccc(-c2cccc(-c3nc(-c4ccccc4)nc(-c4ccc5c6ccccc6c6ccccc6c5c4)n3)n2)cc1. The Morgan fingerprint density at radius 2 is 0.738 bits per heavy atom. The van der Waals surface area contributed by atoms with Gasteiger partial charge < -0.3 is 0 Å². The Hall–Kier alpha value is -5.74. The summed E-state index contributed by atoms with van der Waals surface area (Å²) in [5.41, 5.74) is 4.49. The summed E-state index contributed by atoms with van der Waals surface area (Å²) in [5.74, 6) is 1.77. The highest BCUT2D eigenvalue weighted by atomic mass is 15.0. The third kappa shape index (κ3) is 4.18. The van der Waals surface area contributed by atoms with Gasteiger partial charge in [0.15, 0.2) is 17.5 Å². The first-order valence-electron chi connectivity index (χ1n) is 14.0. The quantitative estimate of drug-likeness (QED) is 0.210. The molecule has 0 N–H and O–H groups in total. The third-order valence-electron chi connectivity index (χ3n) is 7.72. The lowest BCUT2D eigenvalue weighted by Crippen LogP contribution is -2.01. The van der Waals surface area contributed by atoms with Crippen molar-refractivity contribution < 1.29 is 0 Å². The number of hydrogen-bond acceptors (Lipinski definition) is 4. The van der Waals surface area contributed by atoms with Crippen LogP contribution in [0.4, 0.5) is 0 Å². The van der Waals surface area contributed by atoms with Crippen molar-refractivity contribution in [1.29, 1.82) is 0 Å². The molecule has 0 fully saturated rings. The minimum Gasteiger partial charge on any atom is -0.244 e. The minimum absolute atomic E-state index is 0.542. The molecule has 4 heteroatoms. The van der Waals surface area contributed by atoms with Crippen LogP contribution in [-0.2, 0) is 0 Å². The number of pyridine rings is 1. The predicted octanol–water partition coefficient (Wildman–Crippen LogP) is 9.39. The lowest BCUT2D eigenvalue weighted by atomic mass is 9.93. The first-order chi connectivity index (χ1) is 20.8. The fourth-order valence-corrected chi connectivity index (χ4v) is 5.71. The van der Waals surface area contributed by atoms with Crippen LogP contribution in [-0.4, -0.2) is 19.9 Å². The Kier molecular flexibility index (Phi) is 5.75. The second-order valence-corrected chi connectivity index (χ2v) is 10.3. The van der Waals surface area contributed by atoms with Crippen LogP contribution in [0.3, 0.4) is 0 Å². The second kappa shape index (κ2) is 10.0. The van der Waals surface area contributed by atoms with Crippen LogP contribution in [0.15, 0.2) is 146 Å². The molecule has 0 aliphatic heterocycles. The molecule has 0 amide bonds. The van der Waals surface area contributed by atoms with E-state index in [1.165, 1.54) is 32.3 Å². The molecule has 0 aliphatic carbocycles. The van der Waals surface area contributed by atoms with Gasteiger partial charge in [-0.15, -0.1) is 0 Å². The third-order valence-corrected chi connectivity index (χ3v) is 7.72. The van der Waals surface area contributed by atoms with Crippen molar-refractivity contribution in [3.63, 3.8) is 0 Å². The first kappa shape index (κ1) is 24.1. The molecule has 0 atom stereocenters. The van der Waals surface area contributed by atoms with E-state index in [9.17, 15) is 0 Å². The van der Waals surface area contributed by atoms with Gasteiger partial charge in [-0.1, -0.05) is 127 Å². The zero-order valence-electron chi connectivity index (χ0n) is 22.6. The Labute approximate surface area is 243 Å². The van der Waals surface area contributed by atoms with Crippen molar-refractivity contribution in [2.24, 2.45) is 0 Å². The van der Waals surface area contributed by atoms with Crippen LogP contribution in [0.25, 0.3) is 77.9 Å². The average molecular weight is 537 g/mol. The fraction of sp³-hybridized carbons (Fsp3) is 0. The van der Waals surface area contributed by atoms with Crippen LogP contribution in [0, 0.1) is 0 Å². The summed E-state index contributed by atoms with van der Waals surface area (Å²) in [6.45, 7) is 0. The first-order valence-corrected chi connectivity index (χ1v) is 14.0. The van der Waals surface area contributed by atoms with Crippen molar-refractivity contribution >= 4 is 32.3 Å².